The molecule has 1 amide bonds. The zero-order valence-corrected chi connectivity index (χ0v) is 13.0. The highest BCUT2D eigenvalue weighted by Gasteiger charge is 2.22. The second kappa shape index (κ2) is 5.69. The molecule has 2 aromatic rings. The van der Waals surface area contributed by atoms with Gasteiger partial charge in [-0.15, -0.1) is 11.3 Å². The van der Waals surface area contributed by atoms with E-state index in [0.717, 1.165) is 16.9 Å². The van der Waals surface area contributed by atoms with Crippen molar-refractivity contribution < 1.29 is 14.7 Å². The Hall–Kier alpha value is -2.14. The lowest BCUT2D eigenvalue weighted by atomic mass is 9.83. The number of hydrogen-bond donors (Lipinski definition) is 2. The SMILES string of the molecule is CC(C)(C)c1ccccc1C(=O)Nc1ccsc1C(=O)O. The molecule has 2 rings (SSSR count). The van der Waals surface area contributed by atoms with Crippen LogP contribution in [-0.4, -0.2) is 17.0 Å². The van der Waals surface area contributed by atoms with E-state index < -0.39 is 5.97 Å². The van der Waals surface area contributed by atoms with Crippen LogP contribution in [0.25, 0.3) is 0 Å². The Kier molecular flexibility index (Phi) is 4.14. The maximum atomic E-state index is 12.5. The molecule has 0 bridgehead atoms. The van der Waals surface area contributed by atoms with E-state index in [-0.39, 0.29) is 16.2 Å². The van der Waals surface area contributed by atoms with Crippen molar-refractivity contribution in [1.82, 2.24) is 0 Å². The van der Waals surface area contributed by atoms with E-state index in [1.807, 2.05) is 32.9 Å². The molecule has 0 fully saturated rings. The largest absolute Gasteiger partial charge is 0.477 e. The first-order chi connectivity index (χ1) is 9.80. The number of carboxylic acids is 1. The molecule has 1 aromatic heterocycles. The lowest BCUT2D eigenvalue weighted by Gasteiger charge is -2.22. The van der Waals surface area contributed by atoms with Gasteiger partial charge in [0.05, 0.1) is 5.69 Å². The van der Waals surface area contributed by atoms with Gasteiger partial charge in [-0.3, -0.25) is 4.79 Å². The summed E-state index contributed by atoms with van der Waals surface area (Å²) in [6, 6.07) is 8.97. The lowest BCUT2D eigenvalue weighted by molar-refractivity contribution is 0.0703. The summed E-state index contributed by atoms with van der Waals surface area (Å²) in [6.07, 6.45) is 0. The molecule has 1 heterocycles. The summed E-state index contributed by atoms with van der Waals surface area (Å²) in [5.41, 5.74) is 1.65. The van der Waals surface area contributed by atoms with E-state index in [1.54, 1.807) is 23.6 Å². The number of thiophene rings is 1. The molecule has 0 spiro atoms. The molecule has 2 N–H and O–H groups in total. The smallest absolute Gasteiger partial charge is 0.348 e. The number of amides is 1. The third kappa shape index (κ3) is 3.31. The quantitative estimate of drug-likeness (QED) is 0.900. The van der Waals surface area contributed by atoms with E-state index >= 15 is 0 Å². The first-order valence-corrected chi connectivity index (χ1v) is 7.40. The van der Waals surface area contributed by atoms with Crippen molar-refractivity contribution >= 4 is 28.9 Å². The molecule has 0 radical (unpaired) electrons. The van der Waals surface area contributed by atoms with Crippen molar-refractivity contribution in [3.63, 3.8) is 0 Å². The number of carbonyl (C=O) groups is 2. The van der Waals surface area contributed by atoms with Crippen LogP contribution in [0.5, 0.6) is 0 Å². The van der Waals surface area contributed by atoms with Crippen molar-refractivity contribution in [3.8, 4) is 0 Å². The predicted octanol–water partition coefficient (Wildman–Crippen LogP) is 4.00. The van der Waals surface area contributed by atoms with Gasteiger partial charge in [-0.1, -0.05) is 39.0 Å². The second-order valence-corrected chi connectivity index (χ2v) is 6.63. The Balaban J connectivity index is 2.34. The second-order valence-electron chi connectivity index (χ2n) is 5.72. The van der Waals surface area contributed by atoms with Crippen molar-refractivity contribution in [2.24, 2.45) is 0 Å². The van der Waals surface area contributed by atoms with E-state index in [1.165, 1.54) is 0 Å². The first-order valence-electron chi connectivity index (χ1n) is 6.52. The van der Waals surface area contributed by atoms with Gasteiger partial charge in [-0.05, 0) is 28.5 Å². The molecule has 0 atom stereocenters. The summed E-state index contributed by atoms with van der Waals surface area (Å²) in [4.78, 5) is 23.7. The predicted molar refractivity (Wildman–Crippen MR) is 84.4 cm³/mol. The van der Waals surface area contributed by atoms with Gasteiger partial charge < -0.3 is 10.4 Å². The summed E-state index contributed by atoms with van der Waals surface area (Å²) in [5, 5.41) is 13.4. The number of hydrogen-bond acceptors (Lipinski definition) is 3. The van der Waals surface area contributed by atoms with E-state index in [0.29, 0.717) is 11.3 Å². The van der Waals surface area contributed by atoms with Gasteiger partial charge in [-0.25, -0.2) is 4.79 Å². The van der Waals surface area contributed by atoms with Gasteiger partial charge in [0.1, 0.15) is 4.88 Å². The van der Waals surface area contributed by atoms with Crippen molar-refractivity contribution in [2.75, 3.05) is 5.32 Å². The van der Waals surface area contributed by atoms with Crippen LogP contribution in [0.3, 0.4) is 0 Å². The van der Waals surface area contributed by atoms with Crippen LogP contribution in [0.1, 0.15) is 46.4 Å². The van der Waals surface area contributed by atoms with Crippen molar-refractivity contribution in [1.29, 1.82) is 0 Å². The Morgan fingerprint density at radius 1 is 1.14 bits per heavy atom. The fraction of sp³-hybridized carbons (Fsp3) is 0.250. The van der Waals surface area contributed by atoms with Gasteiger partial charge in [0.2, 0.25) is 0 Å². The molecule has 110 valence electrons. The molecular weight excluding hydrogens is 286 g/mol. The molecular formula is C16H17NO3S. The van der Waals surface area contributed by atoms with Crippen LogP contribution < -0.4 is 5.32 Å². The molecule has 21 heavy (non-hydrogen) atoms. The molecule has 0 unspecified atom stereocenters. The molecule has 0 aliphatic rings. The van der Waals surface area contributed by atoms with Gasteiger partial charge in [0.15, 0.2) is 0 Å². The Morgan fingerprint density at radius 3 is 2.43 bits per heavy atom. The lowest BCUT2D eigenvalue weighted by Crippen LogP contribution is -2.21. The minimum absolute atomic E-state index is 0.136. The number of nitrogens with one attached hydrogen (secondary N) is 1. The molecule has 0 aliphatic carbocycles. The highest BCUT2D eigenvalue weighted by molar-refractivity contribution is 7.12. The number of anilines is 1. The summed E-state index contributed by atoms with van der Waals surface area (Å²) < 4.78 is 0. The molecule has 0 saturated carbocycles. The highest BCUT2D eigenvalue weighted by atomic mass is 32.1. The van der Waals surface area contributed by atoms with E-state index in [4.69, 9.17) is 5.11 Å². The average molecular weight is 303 g/mol. The van der Waals surface area contributed by atoms with E-state index in [2.05, 4.69) is 5.32 Å². The molecule has 5 heteroatoms. The van der Waals surface area contributed by atoms with Crippen LogP contribution in [0.15, 0.2) is 35.7 Å². The summed E-state index contributed by atoms with van der Waals surface area (Å²) in [6.45, 7) is 6.10. The molecule has 4 nitrogen and oxygen atoms in total. The fourth-order valence-electron chi connectivity index (χ4n) is 2.10. The van der Waals surface area contributed by atoms with Crippen molar-refractivity contribution in [2.45, 2.75) is 26.2 Å². The number of carboxylic acid groups (broad SMARTS) is 1. The van der Waals surface area contributed by atoms with E-state index in [9.17, 15) is 9.59 Å². The first kappa shape index (κ1) is 15.3. The number of aromatic carboxylic acids is 1. The molecule has 0 saturated heterocycles. The summed E-state index contributed by atoms with van der Waals surface area (Å²) in [7, 11) is 0. The monoisotopic (exact) mass is 303 g/mol. The molecule has 0 aliphatic heterocycles. The van der Waals surface area contributed by atoms with Crippen LogP contribution in [0, 0.1) is 0 Å². The van der Waals surface area contributed by atoms with Gasteiger partial charge in [0.25, 0.3) is 5.91 Å². The Labute approximate surface area is 127 Å². The zero-order chi connectivity index (χ0) is 15.6. The van der Waals surface area contributed by atoms with Crippen LogP contribution >= 0.6 is 11.3 Å². The molecule has 1 aromatic carbocycles. The number of benzene rings is 1. The van der Waals surface area contributed by atoms with Gasteiger partial charge in [0, 0.05) is 5.56 Å². The van der Waals surface area contributed by atoms with Crippen LogP contribution in [0.4, 0.5) is 5.69 Å². The third-order valence-electron chi connectivity index (χ3n) is 3.09. The highest BCUT2D eigenvalue weighted by Crippen LogP contribution is 2.28. The fourth-order valence-corrected chi connectivity index (χ4v) is 2.79. The third-order valence-corrected chi connectivity index (χ3v) is 3.99. The summed E-state index contributed by atoms with van der Waals surface area (Å²) in [5.74, 6) is -1.33. The number of rotatable bonds is 3. The average Bonchev–Trinajstić information content (AvgIpc) is 2.86. The standard InChI is InChI=1S/C16H17NO3S/c1-16(2,3)11-7-5-4-6-10(11)14(18)17-12-8-9-21-13(12)15(19)20/h4-9H,1-3H3,(H,17,18)(H,19,20). The minimum atomic E-state index is -1.04. The Morgan fingerprint density at radius 2 is 1.81 bits per heavy atom. The maximum Gasteiger partial charge on any atom is 0.348 e. The maximum absolute atomic E-state index is 12.5. The zero-order valence-electron chi connectivity index (χ0n) is 12.1. The van der Waals surface area contributed by atoms with Gasteiger partial charge >= 0.3 is 5.97 Å². The normalized spacial score (nSPS) is 11.2. The van der Waals surface area contributed by atoms with Crippen molar-refractivity contribution in [3.05, 3.63) is 51.7 Å². The topological polar surface area (TPSA) is 66.4 Å². The van der Waals surface area contributed by atoms with Crippen LogP contribution in [-0.2, 0) is 5.41 Å². The number of carbonyl (C=O) groups excluding carboxylic acids is 1. The summed E-state index contributed by atoms with van der Waals surface area (Å²) >= 11 is 1.09. The minimum Gasteiger partial charge on any atom is -0.477 e. The Bertz CT molecular complexity index is 683. The van der Waals surface area contributed by atoms with Gasteiger partial charge in [-0.2, -0.15) is 0 Å². The van der Waals surface area contributed by atoms with Crippen LogP contribution in [0.2, 0.25) is 0 Å².